The van der Waals surface area contributed by atoms with Gasteiger partial charge in [0.1, 0.15) is 11.3 Å². The van der Waals surface area contributed by atoms with Crippen molar-refractivity contribution in [1.82, 2.24) is 15.1 Å². The van der Waals surface area contributed by atoms with Gasteiger partial charge in [0.15, 0.2) is 0 Å². The Morgan fingerprint density at radius 1 is 0.909 bits per heavy atom. The fourth-order valence-electron chi connectivity index (χ4n) is 4.28. The number of carbonyl (C=O) groups excluding carboxylic acids is 2. The van der Waals surface area contributed by atoms with E-state index in [4.69, 9.17) is 4.42 Å². The van der Waals surface area contributed by atoms with Crippen LogP contribution in [0.4, 0.5) is 5.69 Å². The smallest absolute Gasteiger partial charge is 0.238 e. The topological polar surface area (TPSA) is 77.8 Å². The van der Waals surface area contributed by atoms with Crippen molar-refractivity contribution in [2.45, 2.75) is 26.8 Å². The highest BCUT2D eigenvalue weighted by Crippen LogP contribution is 2.23. The maximum atomic E-state index is 12.6. The number of furan rings is 1. The number of hydrogen-bond acceptors (Lipinski definition) is 5. The summed E-state index contributed by atoms with van der Waals surface area (Å²) in [6.45, 7) is 9.65. The minimum absolute atomic E-state index is 0.00162. The second kappa shape index (κ2) is 10.2. The van der Waals surface area contributed by atoms with E-state index >= 15 is 0 Å². The van der Waals surface area contributed by atoms with Gasteiger partial charge in [-0.3, -0.25) is 19.4 Å². The molecule has 0 aliphatic carbocycles. The van der Waals surface area contributed by atoms with Gasteiger partial charge in [0, 0.05) is 37.3 Å². The van der Waals surface area contributed by atoms with Gasteiger partial charge in [-0.2, -0.15) is 0 Å². The molecule has 33 heavy (non-hydrogen) atoms. The third-order valence-corrected chi connectivity index (χ3v) is 6.19. The van der Waals surface area contributed by atoms with E-state index in [-0.39, 0.29) is 17.9 Å². The number of aryl methyl sites for hydroxylation is 2. The molecule has 1 aliphatic heterocycles. The maximum Gasteiger partial charge on any atom is 0.238 e. The molecule has 2 amide bonds. The summed E-state index contributed by atoms with van der Waals surface area (Å²) in [5.41, 5.74) is 3.86. The van der Waals surface area contributed by atoms with Crippen LogP contribution in [-0.2, 0) is 9.59 Å². The van der Waals surface area contributed by atoms with Crippen LogP contribution in [0.15, 0.2) is 52.9 Å². The first kappa shape index (κ1) is 23.0. The monoisotopic (exact) mass is 448 g/mol. The molecule has 2 N–H and O–H groups in total. The Balaban J connectivity index is 1.21. The average Bonchev–Trinajstić information content (AvgIpc) is 3.22. The molecule has 174 valence electrons. The van der Waals surface area contributed by atoms with Crippen LogP contribution in [0, 0.1) is 13.8 Å². The first-order valence-corrected chi connectivity index (χ1v) is 11.5. The van der Waals surface area contributed by atoms with Gasteiger partial charge in [0.25, 0.3) is 0 Å². The van der Waals surface area contributed by atoms with Crippen molar-refractivity contribution in [2.24, 2.45) is 0 Å². The maximum absolute atomic E-state index is 12.6. The van der Waals surface area contributed by atoms with Crippen LogP contribution in [0.5, 0.6) is 0 Å². The van der Waals surface area contributed by atoms with Crippen molar-refractivity contribution in [3.8, 4) is 0 Å². The number of piperazine rings is 1. The fourth-order valence-corrected chi connectivity index (χ4v) is 4.28. The van der Waals surface area contributed by atoms with Crippen LogP contribution in [0.1, 0.15) is 29.9 Å². The molecule has 1 aliphatic rings. The summed E-state index contributed by atoms with van der Waals surface area (Å²) < 4.78 is 5.86. The van der Waals surface area contributed by atoms with Crippen LogP contribution < -0.4 is 10.6 Å². The van der Waals surface area contributed by atoms with E-state index in [1.807, 2.05) is 69.3 Å². The molecule has 1 aromatic heterocycles. The Labute approximate surface area is 194 Å². The molecule has 0 spiro atoms. The molecule has 7 heteroatoms. The van der Waals surface area contributed by atoms with Crippen LogP contribution in [-0.4, -0.2) is 60.9 Å². The summed E-state index contributed by atoms with van der Waals surface area (Å²) in [7, 11) is 0. The Bertz CT molecular complexity index is 1080. The molecule has 2 heterocycles. The molecule has 1 fully saturated rings. The Kier molecular flexibility index (Phi) is 7.11. The van der Waals surface area contributed by atoms with Gasteiger partial charge in [-0.25, -0.2) is 0 Å². The molecule has 1 unspecified atom stereocenters. The van der Waals surface area contributed by atoms with E-state index in [9.17, 15) is 9.59 Å². The van der Waals surface area contributed by atoms with E-state index in [1.54, 1.807) is 0 Å². The van der Waals surface area contributed by atoms with Gasteiger partial charge in [-0.15, -0.1) is 0 Å². The first-order valence-electron chi connectivity index (χ1n) is 11.5. The number of nitrogens with one attached hydrogen (secondary N) is 2. The third-order valence-electron chi connectivity index (χ3n) is 6.19. The molecule has 1 atom stereocenters. The molecule has 3 aromatic rings. The van der Waals surface area contributed by atoms with Crippen molar-refractivity contribution in [3.63, 3.8) is 0 Å². The summed E-state index contributed by atoms with van der Waals surface area (Å²) in [6, 6.07) is 15.6. The van der Waals surface area contributed by atoms with Gasteiger partial charge in [-0.1, -0.05) is 36.4 Å². The van der Waals surface area contributed by atoms with Crippen molar-refractivity contribution in [1.29, 1.82) is 0 Å². The summed E-state index contributed by atoms with van der Waals surface area (Å²) in [6.07, 6.45) is 0. The SMILES string of the molecule is Cc1cccc(C)c1NC(=O)CN1CCN(CC(=O)NC(C)c2cc3ccccc3o2)CC1. The van der Waals surface area contributed by atoms with Crippen molar-refractivity contribution in [3.05, 3.63) is 65.4 Å². The van der Waals surface area contributed by atoms with Gasteiger partial charge in [0.2, 0.25) is 11.8 Å². The minimum atomic E-state index is -0.195. The van der Waals surface area contributed by atoms with Crippen molar-refractivity contribution in [2.75, 3.05) is 44.6 Å². The summed E-state index contributed by atoms with van der Waals surface area (Å²) in [4.78, 5) is 29.3. The van der Waals surface area contributed by atoms with E-state index in [0.717, 1.165) is 59.7 Å². The van der Waals surface area contributed by atoms with Crippen LogP contribution in [0.3, 0.4) is 0 Å². The first-order chi connectivity index (χ1) is 15.9. The number of carbonyl (C=O) groups is 2. The standard InChI is InChI=1S/C26H32N4O3/c1-18-7-6-8-19(2)26(18)28-25(32)17-30-13-11-29(12-14-30)16-24(31)27-20(3)23-15-21-9-4-5-10-22(21)33-23/h4-10,15,20H,11-14,16-17H2,1-3H3,(H,27,31)(H,28,32). The van der Waals surface area contributed by atoms with Crippen LogP contribution in [0.2, 0.25) is 0 Å². The van der Waals surface area contributed by atoms with Gasteiger partial charge < -0.3 is 15.1 Å². The van der Waals surface area contributed by atoms with E-state index in [1.165, 1.54) is 0 Å². The molecular formula is C26H32N4O3. The molecule has 0 radical (unpaired) electrons. The number of anilines is 1. The number of fused-ring (bicyclic) bond motifs is 1. The molecule has 0 saturated carbocycles. The fraction of sp³-hybridized carbons (Fsp3) is 0.385. The Hall–Kier alpha value is -3.16. The highest BCUT2D eigenvalue weighted by Gasteiger charge is 2.22. The summed E-state index contributed by atoms with van der Waals surface area (Å²) in [5.74, 6) is 0.728. The number of para-hydroxylation sites is 2. The second-order valence-electron chi connectivity index (χ2n) is 8.84. The normalized spacial score (nSPS) is 16.0. The highest BCUT2D eigenvalue weighted by molar-refractivity contribution is 5.93. The molecule has 4 rings (SSSR count). The minimum Gasteiger partial charge on any atom is -0.459 e. The quantitative estimate of drug-likeness (QED) is 0.579. The molecule has 7 nitrogen and oxygen atoms in total. The van der Waals surface area contributed by atoms with Crippen LogP contribution >= 0.6 is 0 Å². The van der Waals surface area contributed by atoms with Crippen molar-refractivity contribution < 1.29 is 14.0 Å². The number of nitrogens with zero attached hydrogens (tertiary/aromatic N) is 2. The number of benzene rings is 2. The van der Waals surface area contributed by atoms with E-state index < -0.39 is 0 Å². The zero-order chi connectivity index (χ0) is 23.4. The highest BCUT2D eigenvalue weighted by atomic mass is 16.3. The number of amides is 2. The lowest BCUT2D eigenvalue weighted by atomic mass is 10.1. The lowest BCUT2D eigenvalue weighted by Gasteiger charge is -2.34. The van der Waals surface area contributed by atoms with E-state index in [2.05, 4.69) is 20.4 Å². The number of rotatable bonds is 7. The molecule has 2 aromatic carbocycles. The van der Waals surface area contributed by atoms with Gasteiger partial charge in [-0.05, 0) is 44.0 Å². The average molecular weight is 449 g/mol. The second-order valence-corrected chi connectivity index (χ2v) is 8.84. The molecule has 1 saturated heterocycles. The predicted molar refractivity (Wildman–Crippen MR) is 130 cm³/mol. The molecular weight excluding hydrogens is 416 g/mol. The zero-order valence-corrected chi connectivity index (χ0v) is 19.6. The Morgan fingerprint density at radius 3 is 2.15 bits per heavy atom. The predicted octanol–water partition coefficient (Wildman–Crippen LogP) is 3.48. The zero-order valence-electron chi connectivity index (χ0n) is 19.6. The number of hydrogen-bond donors (Lipinski definition) is 2. The van der Waals surface area contributed by atoms with E-state index in [0.29, 0.717) is 13.1 Å². The van der Waals surface area contributed by atoms with Crippen LogP contribution in [0.25, 0.3) is 11.0 Å². The summed E-state index contributed by atoms with van der Waals surface area (Å²) in [5, 5.41) is 7.12. The summed E-state index contributed by atoms with van der Waals surface area (Å²) >= 11 is 0. The Morgan fingerprint density at radius 2 is 1.52 bits per heavy atom. The van der Waals surface area contributed by atoms with Crippen molar-refractivity contribution >= 4 is 28.5 Å². The van der Waals surface area contributed by atoms with Gasteiger partial charge >= 0.3 is 0 Å². The lowest BCUT2D eigenvalue weighted by Crippen LogP contribution is -2.51. The molecule has 0 bridgehead atoms. The lowest BCUT2D eigenvalue weighted by molar-refractivity contribution is -0.124. The van der Waals surface area contributed by atoms with Gasteiger partial charge in [0.05, 0.1) is 19.1 Å². The third kappa shape index (κ3) is 5.80. The largest absolute Gasteiger partial charge is 0.459 e.